The molecule has 1 heterocycles. The SMILES string of the molecule is COc1cccc(Cl)c1-c1nc(C)c(C(C)C)c(=O)[nH]1. The van der Waals surface area contributed by atoms with E-state index >= 15 is 0 Å². The second kappa shape index (κ2) is 5.67. The van der Waals surface area contributed by atoms with Crippen LogP contribution in [0, 0.1) is 6.92 Å². The number of aryl methyl sites for hydroxylation is 1. The molecule has 0 fully saturated rings. The zero-order valence-electron chi connectivity index (χ0n) is 12.0. The normalized spacial score (nSPS) is 10.9. The van der Waals surface area contributed by atoms with Crippen molar-refractivity contribution in [3.63, 3.8) is 0 Å². The van der Waals surface area contributed by atoms with E-state index in [1.807, 2.05) is 20.8 Å². The maximum absolute atomic E-state index is 12.2. The Labute approximate surface area is 122 Å². The molecule has 0 aliphatic carbocycles. The quantitative estimate of drug-likeness (QED) is 0.941. The van der Waals surface area contributed by atoms with E-state index in [0.29, 0.717) is 33.4 Å². The zero-order valence-corrected chi connectivity index (χ0v) is 12.7. The Morgan fingerprint density at radius 3 is 2.60 bits per heavy atom. The van der Waals surface area contributed by atoms with E-state index < -0.39 is 0 Å². The number of hydrogen-bond acceptors (Lipinski definition) is 3. The number of aromatic nitrogens is 2. The van der Waals surface area contributed by atoms with E-state index in [1.54, 1.807) is 25.3 Å². The molecule has 0 amide bonds. The highest BCUT2D eigenvalue weighted by Gasteiger charge is 2.16. The van der Waals surface area contributed by atoms with Crippen molar-refractivity contribution in [3.05, 3.63) is 44.8 Å². The number of hydrogen-bond donors (Lipinski definition) is 1. The van der Waals surface area contributed by atoms with Crippen LogP contribution in [-0.4, -0.2) is 17.1 Å². The van der Waals surface area contributed by atoms with Crippen LogP contribution in [0.25, 0.3) is 11.4 Å². The van der Waals surface area contributed by atoms with Crippen molar-refractivity contribution in [1.82, 2.24) is 9.97 Å². The molecule has 0 aliphatic rings. The molecule has 1 aromatic heterocycles. The van der Waals surface area contributed by atoms with Crippen molar-refractivity contribution in [2.24, 2.45) is 0 Å². The fourth-order valence-corrected chi connectivity index (χ4v) is 2.55. The van der Waals surface area contributed by atoms with E-state index in [-0.39, 0.29) is 11.5 Å². The zero-order chi connectivity index (χ0) is 14.9. The van der Waals surface area contributed by atoms with Crippen molar-refractivity contribution in [3.8, 4) is 17.1 Å². The van der Waals surface area contributed by atoms with Crippen molar-refractivity contribution in [1.29, 1.82) is 0 Å². The molecule has 0 spiro atoms. The molecule has 0 saturated carbocycles. The summed E-state index contributed by atoms with van der Waals surface area (Å²) in [6.45, 7) is 5.77. The molecule has 0 saturated heterocycles. The molecule has 0 unspecified atom stereocenters. The van der Waals surface area contributed by atoms with E-state index in [9.17, 15) is 4.79 Å². The summed E-state index contributed by atoms with van der Waals surface area (Å²) in [5, 5.41) is 0.490. The van der Waals surface area contributed by atoms with Crippen molar-refractivity contribution in [2.75, 3.05) is 7.11 Å². The number of ether oxygens (including phenoxy) is 1. The molecule has 20 heavy (non-hydrogen) atoms. The van der Waals surface area contributed by atoms with Crippen LogP contribution >= 0.6 is 11.6 Å². The predicted molar refractivity (Wildman–Crippen MR) is 80.7 cm³/mol. The van der Waals surface area contributed by atoms with Gasteiger partial charge in [0, 0.05) is 11.3 Å². The Morgan fingerprint density at radius 1 is 1.35 bits per heavy atom. The lowest BCUT2D eigenvalue weighted by Gasteiger charge is -2.13. The van der Waals surface area contributed by atoms with Gasteiger partial charge in [0.1, 0.15) is 11.6 Å². The summed E-state index contributed by atoms with van der Waals surface area (Å²) in [4.78, 5) is 19.5. The summed E-state index contributed by atoms with van der Waals surface area (Å²) >= 11 is 6.21. The monoisotopic (exact) mass is 292 g/mol. The lowest BCUT2D eigenvalue weighted by molar-refractivity contribution is 0.416. The number of benzene rings is 1. The summed E-state index contributed by atoms with van der Waals surface area (Å²) in [5.41, 5.74) is 1.87. The number of halogens is 1. The van der Waals surface area contributed by atoms with Gasteiger partial charge in [-0.15, -0.1) is 0 Å². The summed E-state index contributed by atoms with van der Waals surface area (Å²) in [6.07, 6.45) is 0. The first-order valence-corrected chi connectivity index (χ1v) is 6.77. The molecule has 2 aromatic rings. The third-order valence-corrected chi connectivity index (χ3v) is 3.47. The van der Waals surface area contributed by atoms with Crippen LogP contribution in [0.15, 0.2) is 23.0 Å². The molecule has 4 nitrogen and oxygen atoms in total. The van der Waals surface area contributed by atoms with Crippen LogP contribution in [-0.2, 0) is 0 Å². The Hall–Kier alpha value is -1.81. The standard InChI is InChI=1S/C15H17ClN2O2/c1-8(2)12-9(3)17-14(18-15(12)19)13-10(16)6-5-7-11(13)20-4/h5-8H,1-4H3,(H,17,18,19). The van der Waals surface area contributed by atoms with Gasteiger partial charge in [0.25, 0.3) is 5.56 Å². The topological polar surface area (TPSA) is 55.0 Å². The van der Waals surface area contributed by atoms with Crippen LogP contribution in [0.3, 0.4) is 0 Å². The molecular formula is C15H17ClN2O2. The van der Waals surface area contributed by atoms with Gasteiger partial charge in [0.05, 0.1) is 17.7 Å². The summed E-state index contributed by atoms with van der Waals surface area (Å²) < 4.78 is 5.29. The highest BCUT2D eigenvalue weighted by Crippen LogP contribution is 2.34. The summed E-state index contributed by atoms with van der Waals surface area (Å²) in [7, 11) is 1.56. The average molecular weight is 293 g/mol. The van der Waals surface area contributed by atoms with Crippen molar-refractivity contribution >= 4 is 11.6 Å². The lowest BCUT2D eigenvalue weighted by Crippen LogP contribution is -2.18. The van der Waals surface area contributed by atoms with Crippen molar-refractivity contribution in [2.45, 2.75) is 26.7 Å². The van der Waals surface area contributed by atoms with Gasteiger partial charge in [-0.2, -0.15) is 0 Å². The van der Waals surface area contributed by atoms with Gasteiger partial charge >= 0.3 is 0 Å². The molecule has 0 atom stereocenters. The van der Waals surface area contributed by atoms with Gasteiger partial charge in [-0.1, -0.05) is 31.5 Å². The number of aromatic amines is 1. The highest BCUT2D eigenvalue weighted by molar-refractivity contribution is 6.33. The third kappa shape index (κ3) is 2.56. The molecule has 0 radical (unpaired) electrons. The fraction of sp³-hybridized carbons (Fsp3) is 0.333. The molecule has 106 valence electrons. The summed E-state index contributed by atoms with van der Waals surface area (Å²) in [5.74, 6) is 1.13. The minimum Gasteiger partial charge on any atom is -0.496 e. The first kappa shape index (κ1) is 14.6. The second-order valence-corrected chi connectivity index (χ2v) is 5.29. The second-order valence-electron chi connectivity index (χ2n) is 4.89. The highest BCUT2D eigenvalue weighted by atomic mass is 35.5. The van der Waals surface area contributed by atoms with Gasteiger partial charge in [-0.25, -0.2) is 4.98 Å². The Bertz CT molecular complexity index is 693. The largest absolute Gasteiger partial charge is 0.496 e. The van der Waals surface area contributed by atoms with E-state index in [4.69, 9.17) is 16.3 Å². The van der Waals surface area contributed by atoms with Crippen LogP contribution in [0.1, 0.15) is 31.0 Å². The van der Waals surface area contributed by atoms with E-state index in [1.165, 1.54) is 0 Å². The molecule has 1 aromatic carbocycles. The number of nitrogens with one attached hydrogen (secondary N) is 1. The first-order chi connectivity index (χ1) is 9.45. The van der Waals surface area contributed by atoms with Gasteiger partial charge in [0.15, 0.2) is 0 Å². The molecule has 2 rings (SSSR count). The minimum absolute atomic E-state index is 0.119. The first-order valence-electron chi connectivity index (χ1n) is 6.39. The summed E-state index contributed by atoms with van der Waals surface area (Å²) in [6, 6.07) is 5.32. The average Bonchev–Trinajstić information content (AvgIpc) is 2.36. The van der Waals surface area contributed by atoms with Gasteiger partial charge in [-0.3, -0.25) is 4.79 Å². The van der Waals surface area contributed by atoms with Crippen LogP contribution < -0.4 is 10.3 Å². The number of nitrogens with zero attached hydrogens (tertiary/aromatic N) is 1. The lowest BCUT2D eigenvalue weighted by atomic mass is 10.0. The third-order valence-electron chi connectivity index (χ3n) is 3.16. The number of methoxy groups -OCH3 is 1. The van der Waals surface area contributed by atoms with Gasteiger partial charge in [0.2, 0.25) is 0 Å². The fourth-order valence-electron chi connectivity index (χ4n) is 2.30. The maximum Gasteiger partial charge on any atom is 0.254 e. The molecule has 0 bridgehead atoms. The molecule has 1 N–H and O–H groups in total. The molecular weight excluding hydrogens is 276 g/mol. The number of H-pyrrole nitrogens is 1. The maximum atomic E-state index is 12.2. The van der Waals surface area contributed by atoms with E-state index in [2.05, 4.69) is 9.97 Å². The van der Waals surface area contributed by atoms with Gasteiger partial charge < -0.3 is 9.72 Å². The van der Waals surface area contributed by atoms with Crippen LogP contribution in [0.4, 0.5) is 0 Å². The van der Waals surface area contributed by atoms with E-state index in [0.717, 1.165) is 0 Å². The van der Waals surface area contributed by atoms with Crippen LogP contribution in [0.2, 0.25) is 5.02 Å². The minimum atomic E-state index is -0.135. The van der Waals surface area contributed by atoms with Gasteiger partial charge in [-0.05, 0) is 25.0 Å². The molecule has 5 heteroatoms. The Balaban J connectivity index is 2.70. The Morgan fingerprint density at radius 2 is 2.05 bits per heavy atom. The smallest absolute Gasteiger partial charge is 0.254 e. The van der Waals surface area contributed by atoms with Crippen LogP contribution in [0.5, 0.6) is 5.75 Å². The molecule has 0 aliphatic heterocycles. The van der Waals surface area contributed by atoms with Crippen molar-refractivity contribution < 1.29 is 4.74 Å². The Kier molecular flexibility index (Phi) is 4.14. The number of rotatable bonds is 3. The predicted octanol–water partition coefficient (Wildman–Crippen LogP) is 3.53.